The molecule has 0 N–H and O–H groups in total. The van der Waals surface area contributed by atoms with Crippen molar-refractivity contribution in [3.05, 3.63) is 59.2 Å². The Morgan fingerprint density at radius 2 is 1.77 bits per heavy atom. The van der Waals surface area contributed by atoms with Gasteiger partial charge in [-0.05, 0) is 35.2 Å². The summed E-state index contributed by atoms with van der Waals surface area (Å²) in [5.74, 6) is 1.42. The number of nitrogens with zero attached hydrogens (tertiary/aromatic N) is 1. The maximum absolute atomic E-state index is 11.5. The van der Waals surface area contributed by atoms with E-state index in [2.05, 4.69) is 0 Å². The number of ether oxygens (including phenoxy) is 2. The van der Waals surface area contributed by atoms with Gasteiger partial charge in [0.1, 0.15) is 0 Å². The van der Waals surface area contributed by atoms with E-state index in [4.69, 9.17) is 9.47 Å². The number of methoxy groups -OCH3 is 2. The minimum atomic E-state index is -0.0812. The highest BCUT2D eigenvalue weighted by Crippen LogP contribution is 2.40. The highest BCUT2D eigenvalue weighted by molar-refractivity contribution is 5.57. The summed E-state index contributed by atoms with van der Waals surface area (Å²) in [4.78, 5) is 13.3. The van der Waals surface area contributed by atoms with Crippen molar-refractivity contribution in [3.63, 3.8) is 0 Å². The van der Waals surface area contributed by atoms with Gasteiger partial charge in [0.2, 0.25) is 6.41 Å². The molecule has 1 unspecified atom stereocenters. The van der Waals surface area contributed by atoms with Gasteiger partial charge in [-0.15, -0.1) is 0 Å². The average Bonchev–Trinajstić information content (AvgIpc) is 2.60. The highest BCUT2D eigenvalue weighted by Gasteiger charge is 2.29. The van der Waals surface area contributed by atoms with Crippen molar-refractivity contribution < 1.29 is 14.3 Å². The SMILES string of the molecule is COc1cc2c(cc1OC)C(c1ccccc1)N(C=O)CC2. The van der Waals surface area contributed by atoms with Gasteiger partial charge >= 0.3 is 0 Å². The fourth-order valence-corrected chi connectivity index (χ4v) is 3.09. The first-order valence-corrected chi connectivity index (χ1v) is 7.29. The van der Waals surface area contributed by atoms with Crippen LogP contribution in [0.3, 0.4) is 0 Å². The number of amides is 1. The predicted molar refractivity (Wildman–Crippen MR) is 84.3 cm³/mol. The summed E-state index contributed by atoms with van der Waals surface area (Å²) in [7, 11) is 3.27. The van der Waals surface area contributed by atoms with Crippen LogP contribution in [0.15, 0.2) is 42.5 Å². The van der Waals surface area contributed by atoms with E-state index in [0.717, 1.165) is 29.7 Å². The van der Waals surface area contributed by atoms with E-state index >= 15 is 0 Å². The van der Waals surface area contributed by atoms with E-state index < -0.39 is 0 Å². The fourth-order valence-electron chi connectivity index (χ4n) is 3.09. The highest BCUT2D eigenvalue weighted by atomic mass is 16.5. The molecule has 22 heavy (non-hydrogen) atoms. The smallest absolute Gasteiger partial charge is 0.210 e. The number of carbonyl (C=O) groups excluding carboxylic acids is 1. The molecule has 3 rings (SSSR count). The Morgan fingerprint density at radius 1 is 1.09 bits per heavy atom. The lowest BCUT2D eigenvalue weighted by molar-refractivity contribution is -0.119. The molecule has 0 aromatic heterocycles. The summed E-state index contributed by atoms with van der Waals surface area (Å²) in [5.41, 5.74) is 3.40. The molecule has 1 amide bonds. The van der Waals surface area contributed by atoms with Gasteiger partial charge in [0.05, 0.1) is 20.3 Å². The fraction of sp³-hybridized carbons (Fsp3) is 0.278. The second-order valence-electron chi connectivity index (χ2n) is 5.31. The van der Waals surface area contributed by atoms with Gasteiger partial charge in [0, 0.05) is 6.54 Å². The van der Waals surface area contributed by atoms with Crippen molar-refractivity contribution >= 4 is 6.41 Å². The van der Waals surface area contributed by atoms with Crippen LogP contribution in [-0.2, 0) is 11.2 Å². The van der Waals surface area contributed by atoms with Crippen LogP contribution in [0, 0.1) is 0 Å². The number of carbonyl (C=O) groups is 1. The van der Waals surface area contributed by atoms with Gasteiger partial charge < -0.3 is 14.4 Å². The van der Waals surface area contributed by atoms with Crippen LogP contribution in [0.2, 0.25) is 0 Å². The Balaban J connectivity index is 2.15. The zero-order valence-electron chi connectivity index (χ0n) is 12.8. The molecule has 4 nitrogen and oxygen atoms in total. The van der Waals surface area contributed by atoms with Crippen LogP contribution in [0.1, 0.15) is 22.7 Å². The molecule has 0 saturated heterocycles. The molecule has 114 valence electrons. The maximum atomic E-state index is 11.5. The topological polar surface area (TPSA) is 38.8 Å². The first-order chi connectivity index (χ1) is 10.8. The maximum Gasteiger partial charge on any atom is 0.210 e. The number of fused-ring (bicyclic) bond motifs is 1. The number of benzene rings is 2. The zero-order valence-corrected chi connectivity index (χ0v) is 12.8. The van der Waals surface area contributed by atoms with Crippen LogP contribution in [-0.4, -0.2) is 32.1 Å². The van der Waals surface area contributed by atoms with Crippen molar-refractivity contribution in [1.82, 2.24) is 4.90 Å². The number of hydrogen-bond donors (Lipinski definition) is 0. The van der Waals surface area contributed by atoms with E-state index in [1.165, 1.54) is 5.56 Å². The summed E-state index contributed by atoms with van der Waals surface area (Å²) in [6, 6.07) is 14.0. The normalized spacial score (nSPS) is 16.8. The third kappa shape index (κ3) is 2.41. The second kappa shape index (κ2) is 6.10. The van der Waals surface area contributed by atoms with Crippen molar-refractivity contribution in [3.8, 4) is 11.5 Å². The van der Waals surface area contributed by atoms with Crippen LogP contribution in [0.4, 0.5) is 0 Å². The lowest BCUT2D eigenvalue weighted by Gasteiger charge is -2.35. The second-order valence-corrected chi connectivity index (χ2v) is 5.31. The van der Waals surface area contributed by atoms with Gasteiger partial charge in [-0.25, -0.2) is 0 Å². The van der Waals surface area contributed by atoms with Gasteiger partial charge in [-0.3, -0.25) is 4.79 Å². The Labute approximate surface area is 130 Å². The molecule has 1 aliphatic rings. The monoisotopic (exact) mass is 297 g/mol. The standard InChI is InChI=1S/C18H19NO3/c1-21-16-10-14-8-9-19(12-20)18(13-6-4-3-5-7-13)15(14)11-17(16)22-2/h3-7,10-12,18H,8-9H2,1-2H3. The average molecular weight is 297 g/mol. The first kappa shape index (κ1) is 14.4. The van der Waals surface area contributed by atoms with Crippen molar-refractivity contribution in [2.75, 3.05) is 20.8 Å². The minimum Gasteiger partial charge on any atom is -0.493 e. The molecule has 0 spiro atoms. The number of hydrogen-bond acceptors (Lipinski definition) is 3. The molecule has 2 aromatic rings. The van der Waals surface area contributed by atoms with Crippen LogP contribution in [0.25, 0.3) is 0 Å². The Morgan fingerprint density at radius 3 is 2.41 bits per heavy atom. The van der Waals surface area contributed by atoms with E-state index in [1.54, 1.807) is 14.2 Å². The van der Waals surface area contributed by atoms with Crippen LogP contribution < -0.4 is 9.47 Å². The van der Waals surface area contributed by atoms with Gasteiger partial charge in [-0.1, -0.05) is 30.3 Å². The Hall–Kier alpha value is -2.49. The Bertz CT molecular complexity index is 670. The molecule has 0 saturated carbocycles. The van der Waals surface area contributed by atoms with Crippen LogP contribution in [0.5, 0.6) is 11.5 Å². The summed E-state index contributed by atoms with van der Waals surface area (Å²) >= 11 is 0. The molecule has 0 radical (unpaired) electrons. The van der Waals surface area contributed by atoms with Crippen LogP contribution >= 0.6 is 0 Å². The van der Waals surface area contributed by atoms with Crippen molar-refractivity contribution in [2.45, 2.75) is 12.5 Å². The minimum absolute atomic E-state index is 0.0812. The molecule has 0 bridgehead atoms. The summed E-state index contributed by atoms with van der Waals surface area (Å²) in [6.07, 6.45) is 1.75. The summed E-state index contributed by atoms with van der Waals surface area (Å²) in [6.45, 7) is 0.700. The van der Waals surface area contributed by atoms with E-state index in [9.17, 15) is 4.79 Å². The molecular formula is C18H19NO3. The molecule has 1 atom stereocenters. The number of rotatable bonds is 4. The van der Waals surface area contributed by atoms with Gasteiger partial charge in [-0.2, -0.15) is 0 Å². The lowest BCUT2D eigenvalue weighted by atomic mass is 9.88. The van der Waals surface area contributed by atoms with E-state index in [0.29, 0.717) is 12.3 Å². The molecule has 2 aromatic carbocycles. The molecular weight excluding hydrogens is 278 g/mol. The third-order valence-electron chi connectivity index (χ3n) is 4.16. The van der Waals surface area contributed by atoms with E-state index in [1.807, 2.05) is 47.4 Å². The Kier molecular flexibility index (Phi) is 4.00. The lowest BCUT2D eigenvalue weighted by Crippen LogP contribution is -2.35. The molecule has 0 fully saturated rings. The van der Waals surface area contributed by atoms with Gasteiger partial charge in [0.15, 0.2) is 11.5 Å². The molecule has 1 heterocycles. The predicted octanol–water partition coefficient (Wildman–Crippen LogP) is 2.81. The third-order valence-corrected chi connectivity index (χ3v) is 4.16. The largest absolute Gasteiger partial charge is 0.493 e. The molecule has 1 aliphatic heterocycles. The quantitative estimate of drug-likeness (QED) is 0.815. The first-order valence-electron chi connectivity index (χ1n) is 7.29. The van der Waals surface area contributed by atoms with Gasteiger partial charge in [0.25, 0.3) is 0 Å². The summed E-state index contributed by atoms with van der Waals surface area (Å²) < 4.78 is 10.8. The van der Waals surface area contributed by atoms with Crippen molar-refractivity contribution in [1.29, 1.82) is 0 Å². The van der Waals surface area contributed by atoms with E-state index in [-0.39, 0.29) is 6.04 Å². The van der Waals surface area contributed by atoms with Crippen molar-refractivity contribution in [2.24, 2.45) is 0 Å². The molecule has 4 heteroatoms. The summed E-state index contributed by atoms with van der Waals surface area (Å²) in [5, 5.41) is 0. The zero-order chi connectivity index (χ0) is 15.5. The molecule has 0 aliphatic carbocycles.